The molecule has 6 nitrogen and oxygen atoms in total. The van der Waals surface area contributed by atoms with Gasteiger partial charge < -0.3 is 10.0 Å². The van der Waals surface area contributed by atoms with Gasteiger partial charge in [0, 0.05) is 12.5 Å². The third-order valence-electron chi connectivity index (χ3n) is 3.60. The number of likely N-dealkylation sites (N-methyl/N-ethyl adjacent to an activating group) is 1. The molecule has 0 aliphatic carbocycles. The first-order valence-electron chi connectivity index (χ1n) is 6.37. The number of carboxylic acid groups (broad SMARTS) is 1. The summed E-state index contributed by atoms with van der Waals surface area (Å²) in [6.07, 6.45) is 2.63. The van der Waals surface area contributed by atoms with Crippen LogP contribution >= 0.6 is 0 Å². The predicted octanol–water partition coefficient (Wildman–Crippen LogP) is 0.775. The van der Waals surface area contributed by atoms with Crippen molar-refractivity contribution >= 4 is 11.6 Å². The Hall–Kier alpha value is -1.95. The first-order valence-corrected chi connectivity index (χ1v) is 6.37. The third-order valence-corrected chi connectivity index (χ3v) is 3.60. The van der Waals surface area contributed by atoms with Crippen LogP contribution in [-0.4, -0.2) is 50.7 Å². The van der Waals surface area contributed by atoms with Crippen molar-refractivity contribution in [3.8, 4) is 0 Å². The minimum absolute atomic E-state index is 0.0534. The van der Waals surface area contributed by atoms with Gasteiger partial charge in [-0.25, -0.2) is 9.50 Å². The van der Waals surface area contributed by atoms with Gasteiger partial charge in [0.1, 0.15) is 0 Å². The highest BCUT2D eigenvalue weighted by molar-refractivity contribution is 5.69. The second-order valence-electron chi connectivity index (χ2n) is 5.10. The number of likely N-dealkylation sites (tertiary alicyclic amines) is 1. The Morgan fingerprint density at radius 2 is 2.37 bits per heavy atom. The molecule has 0 saturated carbocycles. The second kappa shape index (κ2) is 4.62. The molecule has 0 aromatic carbocycles. The number of carbonyl (C=O) groups is 1. The highest BCUT2D eigenvalue weighted by Gasteiger charge is 2.23. The van der Waals surface area contributed by atoms with Crippen LogP contribution in [-0.2, 0) is 11.2 Å². The number of aromatic nitrogens is 3. The lowest BCUT2D eigenvalue weighted by molar-refractivity contribution is -0.136. The molecule has 1 N–H and O–H groups in total. The molecule has 0 spiro atoms. The van der Waals surface area contributed by atoms with E-state index in [0.29, 0.717) is 17.3 Å². The minimum Gasteiger partial charge on any atom is -0.481 e. The lowest BCUT2D eigenvalue weighted by Crippen LogP contribution is -2.14. The van der Waals surface area contributed by atoms with Gasteiger partial charge in [0.2, 0.25) is 0 Å². The topological polar surface area (TPSA) is 70.7 Å². The van der Waals surface area contributed by atoms with Crippen LogP contribution in [0.25, 0.3) is 5.65 Å². The molecule has 0 amide bonds. The Labute approximate surface area is 110 Å². The van der Waals surface area contributed by atoms with Crippen LogP contribution in [0.5, 0.6) is 0 Å². The van der Waals surface area contributed by atoms with E-state index in [-0.39, 0.29) is 6.42 Å². The Morgan fingerprint density at radius 3 is 3.05 bits per heavy atom. The molecule has 1 aliphatic rings. The quantitative estimate of drug-likeness (QED) is 0.883. The van der Waals surface area contributed by atoms with E-state index < -0.39 is 5.97 Å². The maximum atomic E-state index is 10.8. The molecule has 6 heteroatoms. The van der Waals surface area contributed by atoms with Crippen LogP contribution in [0, 0.1) is 0 Å². The summed E-state index contributed by atoms with van der Waals surface area (Å²) in [6, 6.07) is 3.91. The molecule has 1 saturated heterocycles. The molecular formula is C13H16N4O2. The summed E-state index contributed by atoms with van der Waals surface area (Å²) < 4.78 is 1.65. The molecule has 1 unspecified atom stereocenters. The second-order valence-corrected chi connectivity index (χ2v) is 5.10. The number of hydrogen-bond donors (Lipinski definition) is 1. The number of imidazole rings is 1. The summed E-state index contributed by atoms with van der Waals surface area (Å²) in [5.41, 5.74) is 2.34. The predicted molar refractivity (Wildman–Crippen MR) is 69.2 cm³/mol. The zero-order chi connectivity index (χ0) is 13.4. The van der Waals surface area contributed by atoms with Gasteiger partial charge in [-0.2, -0.15) is 5.10 Å². The number of hydrogen-bond acceptors (Lipinski definition) is 4. The van der Waals surface area contributed by atoms with E-state index in [1.165, 1.54) is 0 Å². The van der Waals surface area contributed by atoms with E-state index in [1.54, 1.807) is 10.7 Å². The minimum atomic E-state index is -0.866. The average Bonchev–Trinajstić information content (AvgIpc) is 2.95. The summed E-state index contributed by atoms with van der Waals surface area (Å²) in [7, 11) is 2.10. The first-order chi connectivity index (χ1) is 9.13. The fourth-order valence-corrected chi connectivity index (χ4v) is 2.60. The van der Waals surface area contributed by atoms with Crippen molar-refractivity contribution < 1.29 is 9.90 Å². The van der Waals surface area contributed by atoms with Gasteiger partial charge in [-0.05, 0) is 32.1 Å². The van der Waals surface area contributed by atoms with Crippen LogP contribution in [0.4, 0.5) is 0 Å². The van der Waals surface area contributed by atoms with Crippen molar-refractivity contribution in [3.63, 3.8) is 0 Å². The number of rotatable bonds is 3. The maximum Gasteiger partial charge on any atom is 0.309 e. The SMILES string of the molecule is CN1CCC(c2ccc3ncc(CC(=O)O)n3n2)C1. The number of nitrogens with zero attached hydrogens (tertiary/aromatic N) is 4. The normalized spacial score (nSPS) is 20.2. The van der Waals surface area contributed by atoms with Crippen molar-refractivity contribution in [1.82, 2.24) is 19.5 Å². The molecule has 2 aromatic rings. The average molecular weight is 260 g/mol. The van der Waals surface area contributed by atoms with Gasteiger partial charge in [0.05, 0.1) is 24.0 Å². The van der Waals surface area contributed by atoms with E-state index in [9.17, 15) is 4.79 Å². The molecule has 3 rings (SSSR count). The summed E-state index contributed by atoms with van der Waals surface area (Å²) in [6.45, 7) is 2.08. The smallest absolute Gasteiger partial charge is 0.309 e. The molecule has 2 aromatic heterocycles. The summed E-state index contributed by atoms with van der Waals surface area (Å²) in [4.78, 5) is 17.3. The Balaban J connectivity index is 1.96. The molecule has 0 radical (unpaired) electrons. The molecule has 1 atom stereocenters. The van der Waals surface area contributed by atoms with Crippen molar-refractivity contribution in [3.05, 3.63) is 29.7 Å². The van der Waals surface area contributed by atoms with E-state index in [4.69, 9.17) is 5.11 Å². The zero-order valence-electron chi connectivity index (χ0n) is 10.8. The molecule has 1 aliphatic heterocycles. The molecule has 100 valence electrons. The molecule has 3 heterocycles. The van der Waals surface area contributed by atoms with Gasteiger partial charge in [-0.3, -0.25) is 4.79 Å². The van der Waals surface area contributed by atoms with Crippen LogP contribution < -0.4 is 0 Å². The lowest BCUT2D eigenvalue weighted by Gasteiger charge is -2.10. The van der Waals surface area contributed by atoms with Gasteiger partial charge in [0.25, 0.3) is 0 Å². The standard InChI is InChI=1S/C13H16N4O2/c1-16-5-4-9(8-16)11-2-3-12-14-7-10(6-13(18)19)17(12)15-11/h2-3,7,9H,4-6,8H2,1H3,(H,18,19). The van der Waals surface area contributed by atoms with E-state index in [1.807, 2.05) is 12.1 Å². The molecule has 0 bridgehead atoms. The van der Waals surface area contributed by atoms with Crippen molar-refractivity contribution in [2.24, 2.45) is 0 Å². The Bertz CT molecular complexity index is 622. The summed E-state index contributed by atoms with van der Waals surface area (Å²) in [5, 5.41) is 13.5. The molecular weight excluding hydrogens is 244 g/mol. The number of aliphatic carboxylic acids is 1. The van der Waals surface area contributed by atoms with Crippen LogP contribution in [0.2, 0.25) is 0 Å². The first kappa shape index (κ1) is 12.1. The molecule has 19 heavy (non-hydrogen) atoms. The Kier molecular flexibility index (Phi) is 2.94. The fourth-order valence-electron chi connectivity index (χ4n) is 2.60. The monoisotopic (exact) mass is 260 g/mol. The van der Waals surface area contributed by atoms with Crippen molar-refractivity contribution in [2.45, 2.75) is 18.8 Å². The number of carboxylic acids is 1. The fraction of sp³-hybridized carbons (Fsp3) is 0.462. The van der Waals surface area contributed by atoms with Gasteiger partial charge in [0.15, 0.2) is 5.65 Å². The van der Waals surface area contributed by atoms with Crippen LogP contribution in [0.1, 0.15) is 23.7 Å². The van der Waals surface area contributed by atoms with E-state index >= 15 is 0 Å². The lowest BCUT2D eigenvalue weighted by atomic mass is 10.1. The van der Waals surface area contributed by atoms with Crippen molar-refractivity contribution in [1.29, 1.82) is 0 Å². The van der Waals surface area contributed by atoms with Gasteiger partial charge in [-0.1, -0.05) is 0 Å². The van der Waals surface area contributed by atoms with Crippen LogP contribution in [0.3, 0.4) is 0 Å². The van der Waals surface area contributed by atoms with Gasteiger partial charge in [-0.15, -0.1) is 0 Å². The van der Waals surface area contributed by atoms with Gasteiger partial charge >= 0.3 is 5.97 Å². The highest BCUT2D eigenvalue weighted by atomic mass is 16.4. The highest BCUT2D eigenvalue weighted by Crippen LogP contribution is 2.24. The van der Waals surface area contributed by atoms with Crippen molar-refractivity contribution in [2.75, 3.05) is 20.1 Å². The van der Waals surface area contributed by atoms with E-state index in [2.05, 4.69) is 22.0 Å². The van der Waals surface area contributed by atoms with E-state index in [0.717, 1.165) is 25.2 Å². The molecule has 1 fully saturated rings. The number of fused-ring (bicyclic) bond motifs is 1. The summed E-state index contributed by atoms with van der Waals surface area (Å²) in [5.74, 6) is -0.441. The maximum absolute atomic E-state index is 10.8. The largest absolute Gasteiger partial charge is 0.481 e. The zero-order valence-corrected chi connectivity index (χ0v) is 10.8. The summed E-state index contributed by atoms with van der Waals surface area (Å²) >= 11 is 0. The Morgan fingerprint density at radius 1 is 1.53 bits per heavy atom. The third kappa shape index (κ3) is 2.31. The van der Waals surface area contributed by atoms with Crippen LogP contribution in [0.15, 0.2) is 18.3 Å².